The molecule has 0 bridgehead atoms. The molecule has 0 aromatic heterocycles. The van der Waals surface area contributed by atoms with E-state index in [9.17, 15) is 0 Å². The Hall–Kier alpha value is 1.16. The maximum Gasteiger partial charge on any atom is 0.0622 e. The van der Waals surface area contributed by atoms with Crippen LogP contribution < -0.4 is 0 Å². The van der Waals surface area contributed by atoms with Crippen LogP contribution >= 0.6 is 45.2 Å². The molecule has 90 valence electrons. The molecule has 0 N–H and O–H groups in total. The first-order chi connectivity index (χ1) is 6.87. The first-order valence-corrected chi connectivity index (χ1v) is 7.59. The van der Waals surface area contributed by atoms with E-state index in [1.165, 1.54) is 20.8 Å². The van der Waals surface area contributed by atoms with Crippen molar-refractivity contribution in [3.05, 3.63) is 7.66 Å². The molecule has 1 nitrogen and oxygen atoms in total. The fraction of sp³-hybridized carbons (Fsp3) is 0.833. The molecule has 0 aliphatic carbocycles. The van der Waals surface area contributed by atoms with E-state index in [0.29, 0.717) is 0 Å². The second kappa shape index (κ2) is 8.28. The van der Waals surface area contributed by atoms with Crippen LogP contribution in [-0.4, -0.2) is 12.7 Å². The largest absolute Gasteiger partial charge is 0.379 e. The van der Waals surface area contributed by atoms with Crippen LogP contribution in [0.15, 0.2) is 7.66 Å². The van der Waals surface area contributed by atoms with E-state index in [1.807, 2.05) is 0 Å². The third kappa shape index (κ3) is 10.1. The molecule has 0 spiro atoms. The van der Waals surface area contributed by atoms with Crippen LogP contribution in [0.3, 0.4) is 0 Å². The van der Waals surface area contributed by atoms with Crippen molar-refractivity contribution in [1.29, 1.82) is 0 Å². The maximum absolute atomic E-state index is 5.40. The van der Waals surface area contributed by atoms with Gasteiger partial charge in [0, 0.05) is 8.70 Å². The maximum atomic E-state index is 5.40. The smallest absolute Gasteiger partial charge is 0.0622 e. The first kappa shape index (κ1) is 16.2. The van der Waals surface area contributed by atoms with Crippen LogP contribution in [0.2, 0.25) is 0 Å². The average molecular weight is 436 g/mol. The van der Waals surface area contributed by atoms with Gasteiger partial charge in [-0.15, -0.1) is 0 Å². The fourth-order valence-electron chi connectivity index (χ4n) is 1.39. The van der Waals surface area contributed by atoms with E-state index in [1.54, 1.807) is 7.11 Å². The molecule has 0 aromatic rings. The van der Waals surface area contributed by atoms with Crippen molar-refractivity contribution in [3.63, 3.8) is 0 Å². The number of ether oxygens (including phenoxy) is 1. The summed E-state index contributed by atoms with van der Waals surface area (Å²) in [5, 5.41) is 0. The van der Waals surface area contributed by atoms with E-state index >= 15 is 0 Å². The normalized spacial score (nSPS) is 13.7. The fourth-order valence-corrected chi connectivity index (χ4v) is 1.89. The lowest BCUT2D eigenvalue weighted by atomic mass is 9.95. The number of rotatable bonds is 7. The summed E-state index contributed by atoms with van der Waals surface area (Å²) in [5.74, 6) is 0.789. The standard InChI is InChI=1S/C12H22I2O/c1-10(7-8-11(13)14)6-5-9-12(2,3)15-4/h8,10H,5-7,9H2,1-4H3. The minimum Gasteiger partial charge on any atom is -0.379 e. The van der Waals surface area contributed by atoms with Crippen LogP contribution in [0.5, 0.6) is 0 Å². The highest BCUT2D eigenvalue weighted by Gasteiger charge is 2.15. The van der Waals surface area contributed by atoms with E-state index in [0.717, 1.165) is 12.3 Å². The Kier molecular flexibility index (Phi) is 8.92. The molecule has 0 saturated heterocycles. The Morgan fingerprint density at radius 2 is 2.00 bits per heavy atom. The zero-order chi connectivity index (χ0) is 11.9. The molecule has 0 radical (unpaired) electrons. The zero-order valence-corrected chi connectivity index (χ0v) is 14.5. The molecule has 15 heavy (non-hydrogen) atoms. The minimum absolute atomic E-state index is 0.0489. The molecule has 0 saturated carbocycles. The Morgan fingerprint density at radius 3 is 2.47 bits per heavy atom. The van der Waals surface area contributed by atoms with E-state index in [4.69, 9.17) is 4.74 Å². The van der Waals surface area contributed by atoms with Crippen LogP contribution in [0.25, 0.3) is 0 Å². The van der Waals surface area contributed by atoms with E-state index < -0.39 is 0 Å². The van der Waals surface area contributed by atoms with Crippen LogP contribution in [0.1, 0.15) is 46.5 Å². The Labute approximate surface area is 122 Å². The van der Waals surface area contributed by atoms with Gasteiger partial charge in [-0.25, -0.2) is 0 Å². The van der Waals surface area contributed by atoms with Gasteiger partial charge in [0.2, 0.25) is 0 Å². The quantitative estimate of drug-likeness (QED) is 0.492. The molecule has 0 aliphatic rings. The number of methoxy groups -OCH3 is 1. The number of allylic oxidation sites excluding steroid dienone is 1. The van der Waals surface area contributed by atoms with Gasteiger partial charge >= 0.3 is 0 Å². The highest BCUT2D eigenvalue weighted by molar-refractivity contribution is 14.2. The summed E-state index contributed by atoms with van der Waals surface area (Å²) < 4.78 is 6.77. The highest BCUT2D eigenvalue weighted by atomic mass is 127. The van der Waals surface area contributed by atoms with Crippen LogP contribution in [0.4, 0.5) is 0 Å². The topological polar surface area (TPSA) is 9.23 Å². The van der Waals surface area contributed by atoms with Crippen molar-refractivity contribution in [2.45, 2.75) is 52.1 Å². The lowest BCUT2D eigenvalue weighted by Crippen LogP contribution is -2.22. The molecule has 0 heterocycles. The third-order valence-electron chi connectivity index (χ3n) is 2.70. The van der Waals surface area contributed by atoms with Gasteiger partial charge in [0.05, 0.1) is 5.60 Å². The SMILES string of the molecule is COC(C)(C)CCCC(C)CC=C(I)I. The van der Waals surface area contributed by atoms with E-state index in [2.05, 4.69) is 72.0 Å². The second-order valence-corrected chi connectivity index (χ2v) is 9.08. The molecule has 0 rings (SSSR count). The van der Waals surface area contributed by atoms with Gasteiger partial charge in [-0.1, -0.05) is 25.8 Å². The summed E-state index contributed by atoms with van der Waals surface area (Å²) in [6.07, 6.45) is 7.22. The second-order valence-electron chi connectivity index (χ2n) is 4.69. The molecular formula is C12H22I2O. The Bertz CT molecular complexity index is 196. The van der Waals surface area contributed by atoms with Gasteiger partial charge in [0.1, 0.15) is 0 Å². The minimum atomic E-state index is 0.0489. The molecular weight excluding hydrogens is 414 g/mol. The zero-order valence-electron chi connectivity index (χ0n) is 10.1. The van der Waals surface area contributed by atoms with Crippen LogP contribution in [-0.2, 0) is 4.74 Å². The lowest BCUT2D eigenvalue weighted by molar-refractivity contribution is 0.0128. The molecule has 0 aromatic carbocycles. The van der Waals surface area contributed by atoms with Gasteiger partial charge < -0.3 is 4.74 Å². The number of hydrogen-bond donors (Lipinski definition) is 0. The number of halogens is 2. The highest BCUT2D eigenvalue weighted by Crippen LogP contribution is 2.22. The van der Waals surface area contributed by atoms with Crippen LogP contribution in [0, 0.1) is 5.92 Å². The number of hydrogen-bond acceptors (Lipinski definition) is 1. The Morgan fingerprint density at radius 1 is 1.40 bits per heavy atom. The third-order valence-corrected chi connectivity index (χ3v) is 3.58. The Balaban J connectivity index is 3.64. The molecule has 1 unspecified atom stereocenters. The molecule has 0 amide bonds. The lowest BCUT2D eigenvalue weighted by Gasteiger charge is -2.23. The first-order valence-electron chi connectivity index (χ1n) is 5.43. The predicted molar refractivity (Wildman–Crippen MR) is 84.8 cm³/mol. The summed E-state index contributed by atoms with van der Waals surface area (Å²) in [6, 6.07) is 0. The monoisotopic (exact) mass is 436 g/mol. The van der Waals surface area contributed by atoms with Gasteiger partial charge in [-0.3, -0.25) is 0 Å². The summed E-state index contributed by atoms with van der Waals surface area (Å²) in [6.45, 7) is 6.64. The van der Waals surface area contributed by atoms with Gasteiger partial charge in [0.15, 0.2) is 0 Å². The molecule has 0 aliphatic heterocycles. The van der Waals surface area contributed by atoms with Gasteiger partial charge in [-0.2, -0.15) is 0 Å². The van der Waals surface area contributed by atoms with Crippen molar-refractivity contribution in [2.24, 2.45) is 5.92 Å². The summed E-state index contributed by atoms with van der Waals surface area (Å²) in [5.41, 5.74) is 0.0489. The van der Waals surface area contributed by atoms with Crippen molar-refractivity contribution < 1.29 is 4.74 Å². The van der Waals surface area contributed by atoms with Crippen molar-refractivity contribution in [3.8, 4) is 0 Å². The molecule has 1 atom stereocenters. The average Bonchev–Trinajstić information content (AvgIpc) is 2.14. The molecule has 0 fully saturated rings. The van der Waals surface area contributed by atoms with Crippen molar-refractivity contribution in [2.75, 3.05) is 7.11 Å². The van der Waals surface area contributed by atoms with Gasteiger partial charge in [0.25, 0.3) is 0 Å². The summed E-state index contributed by atoms with van der Waals surface area (Å²) in [7, 11) is 1.80. The molecule has 3 heteroatoms. The van der Waals surface area contributed by atoms with Gasteiger partial charge in [-0.05, 0) is 77.8 Å². The van der Waals surface area contributed by atoms with Crippen molar-refractivity contribution >= 4 is 45.2 Å². The van der Waals surface area contributed by atoms with Crippen molar-refractivity contribution in [1.82, 2.24) is 0 Å². The summed E-state index contributed by atoms with van der Waals surface area (Å²) >= 11 is 4.72. The van der Waals surface area contributed by atoms with E-state index in [-0.39, 0.29) is 5.60 Å². The predicted octanol–water partition coefficient (Wildman–Crippen LogP) is 5.32. The summed E-state index contributed by atoms with van der Waals surface area (Å²) in [4.78, 5) is 0.